The van der Waals surface area contributed by atoms with Crippen LogP contribution < -0.4 is 0 Å². The Balaban J connectivity index is 4.05. The molecule has 0 rings (SSSR count). The highest BCUT2D eigenvalue weighted by Gasteiger charge is 2.23. The van der Waals surface area contributed by atoms with Crippen molar-refractivity contribution in [2.75, 3.05) is 0 Å². The van der Waals surface area contributed by atoms with E-state index in [0.717, 1.165) is 0 Å². The van der Waals surface area contributed by atoms with E-state index in [9.17, 15) is 4.79 Å². The van der Waals surface area contributed by atoms with E-state index in [0.29, 0.717) is 6.42 Å². The van der Waals surface area contributed by atoms with Crippen molar-refractivity contribution in [1.82, 2.24) is 0 Å². The molecule has 2 unspecified atom stereocenters. The minimum absolute atomic E-state index is 0.470. The summed E-state index contributed by atoms with van der Waals surface area (Å²) >= 11 is 0. The van der Waals surface area contributed by atoms with Gasteiger partial charge in [-0.1, -0.05) is 6.92 Å². The number of rotatable bonds is 3. The zero-order valence-electron chi connectivity index (χ0n) is 6.57. The van der Waals surface area contributed by atoms with Crippen LogP contribution in [-0.4, -0.2) is 17.2 Å². The fourth-order valence-corrected chi connectivity index (χ4v) is 0.825. The quantitative estimate of drug-likeness (QED) is 0.476. The molecule has 0 aromatic carbocycles. The Hall–Kier alpha value is -1.08. The van der Waals surface area contributed by atoms with Gasteiger partial charge in [-0.2, -0.15) is 0 Å². The van der Waals surface area contributed by atoms with Gasteiger partial charge in [0.25, 0.3) is 6.26 Å². The summed E-state index contributed by atoms with van der Waals surface area (Å²) < 4.78 is 4.06. The van der Waals surface area contributed by atoms with E-state index in [1.807, 2.05) is 0 Å². The van der Waals surface area contributed by atoms with Crippen LogP contribution in [0.3, 0.4) is 0 Å². The summed E-state index contributed by atoms with van der Waals surface area (Å²) in [6.45, 7) is 3.24. The summed E-state index contributed by atoms with van der Waals surface area (Å²) in [5, 5.41) is 17.0. The molecule has 2 atom stereocenters. The Morgan fingerprint density at radius 2 is 2.36 bits per heavy atom. The van der Waals surface area contributed by atoms with Crippen molar-refractivity contribution in [3.05, 3.63) is 0 Å². The summed E-state index contributed by atoms with van der Waals surface area (Å²) in [6, 6.07) is 0. The predicted molar refractivity (Wildman–Crippen MR) is 37.2 cm³/mol. The van der Waals surface area contributed by atoms with Crippen LogP contribution in [0.2, 0.25) is 0 Å². The van der Waals surface area contributed by atoms with Crippen LogP contribution in [0.15, 0.2) is 0 Å². The van der Waals surface area contributed by atoms with Gasteiger partial charge in [0.15, 0.2) is 0 Å². The third-order valence-corrected chi connectivity index (χ3v) is 1.47. The molecule has 0 saturated heterocycles. The summed E-state index contributed by atoms with van der Waals surface area (Å²) in [4.78, 5) is 10.8. The van der Waals surface area contributed by atoms with Gasteiger partial charge < -0.3 is 9.84 Å². The van der Waals surface area contributed by atoms with E-state index in [1.165, 1.54) is 13.2 Å². The lowest BCUT2D eigenvalue weighted by Gasteiger charge is -2.12. The molecular formula is C7H11NO3. The first-order valence-electron chi connectivity index (χ1n) is 3.41. The lowest BCUT2D eigenvalue weighted by Crippen LogP contribution is -2.26. The number of esters is 1. The maximum Gasteiger partial charge on any atom is 0.327 e. The Morgan fingerprint density at radius 1 is 1.82 bits per heavy atom. The molecule has 11 heavy (non-hydrogen) atoms. The zero-order chi connectivity index (χ0) is 8.85. The number of nitriles is 1. The topological polar surface area (TPSA) is 70.3 Å². The van der Waals surface area contributed by atoms with Gasteiger partial charge in [-0.15, -0.1) is 5.26 Å². The van der Waals surface area contributed by atoms with Crippen molar-refractivity contribution in [3.8, 4) is 6.26 Å². The molecule has 4 heteroatoms. The SMILES string of the molecule is CCC(C(=O)OC#N)C(C)O. The normalized spacial score (nSPS) is 14.7. The first-order valence-corrected chi connectivity index (χ1v) is 3.41. The summed E-state index contributed by atoms with van der Waals surface area (Å²) in [7, 11) is 0. The van der Waals surface area contributed by atoms with Gasteiger partial charge in [0.05, 0.1) is 12.0 Å². The van der Waals surface area contributed by atoms with Gasteiger partial charge in [0, 0.05) is 0 Å². The van der Waals surface area contributed by atoms with Crippen LogP contribution in [0, 0.1) is 17.4 Å². The molecule has 4 nitrogen and oxygen atoms in total. The molecule has 0 bridgehead atoms. The lowest BCUT2D eigenvalue weighted by molar-refractivity contribution is -0.145. The molecular weight excluding hydrogens is 146 g/mol. The number of hydrogen-bond donors (Lipinski definition) is 1. The first kappa shape index (κ1) is 9.92. The third kappa shape index (κ3) is 3.01. The van der Waals surface area contributed by atoms with E-state index >= 15 is 0 Å². The monoisotopic (exact) mass is 157 g/mol. The summed E-state index contributed by atoms with van der Waals surface area (Å²) in [6.07, 6.45) is 0.984. The maximum atomic E-state index is 10.8. The standard InChI is InChI=1S/C7H11NO3/c1-3-6(5(2)9)7(10)11-4-8/h5-6,9H,3H2,1-2H3. The molecule has 1 N–H and O–H groups in total. The second-order valence-electron chi connectivity index (χ2n) is 2.27. The Labute approximate surface area is 65.4 Å². The molecule has 0 saturated carbocycles. The molecule has 0 radical (unpaired) electrons. The Kier molecular flexibility index (Phi) is 4.23. The smallest absolute Gasteiger partial charge is 0.327 e. The molecule has 0 amide bonds. The highest BCUT2D eigenvalue weighted by atomic mass is 16.5. The number of carbonyl (C=O) groups is 1. The van der Waals surface area contributed by atoms with Crippen LogP contribution in [0.4, 0.5) is 0 Å². The molecule has 0 aromatic heterocycles. The van der Waals surface area contributed by atoms with Crippen molar-refractivity contribution in [1.29, 1.82) is 5.26 Å². The van der Waals surface area contributed by atoms with Crippen LogP contribution in [0.1, 0.15) is 20.3 Å². The van der Waals surface area contributed by atoms with Crippen LogP contribution in [0.5, 0.6) is 0 Å². The molecule has 62 valence electrons. The molecule has 0 aliphatic heterocycles. The molecule has 0 spiro atoms. The number of ether oxygens (including phenoxy) is 1. The Bertz CT molecular complexity index is 171. The van der Waals surface area contributed by atoms with E-state index < -0.39 is 18.0 Å². The minimum Gasteiger partial charge on any atom is -0.393 e. The molecule has 0 aromatic rings. The average Bonchev–Trinajstić information content (AvgIpc) is 1.88. The second kappa shape index (κ2) is 4.69. The Morgan fingerprint density at radius 3 is 2.64 bits per heavy atom. The lowest BCUT2D eigenvalue weighted by atomic mass is 10.0. The summed E-state index contributed by atoms with van der Waals surface area (Å²) in [5.41, 5.74) is 0. The number of carbonyl (C=O) groups excluding carboxylic acids is 1. The van der Waals surface area contributed by atoms with Gasteiger partial charge in [-0.3, -0.25) is 4.79 Å². The molecule has 0 fully saturated rings. The van der Waals surface area contributed by atoms with Crippen molar-refractivity contribution in [2.24, 2.45) is 5.92 Å². The van der Waals surface area contributed by atoms with Gasteiger partial charge in [-0.25, -0.2) is 0 Å². The van der Waals surface area contributed by atoms with Gasteiger partial charge in [0.2, 0.25) is 0 Å². The minimum atomic E-state index is -0.763. The number of nitrogens with zero attached hydrogens (tertiary/aromatic N) is 1. The van der Waals surface area contributed by atoms with Crippen molar-refractivity contribution in [2.45, 2.75) is 26.4 Å². The predicted octanol–water partition coefficient (Wildman–Crippen LogP) is 0.418. The van der Waals surface area contributed by atoms with Crippen molar-refractivity contribution < 1.29 is 14.6 Å². The number of aliphatic hydroxyl groups excluding tert-OH is 1. The third-order valence-electron chi connectivity index (χ3n) is 1.47. The van der Waals surface area contributed by atoms with E-state index in [4.69, 9.17) is 10.4 Å². The first-order chi connectivity index (χ1) is 5.13. The van der Waals surface area contributed by atoms with Gasteiger partial charge in [0.1, 0.15) is 0 Å². The second-order valence-corrected chi connectivity index (χ2v) is 2.27. The van der Waals surface area contributed by atoms with Crippen LogP contribution >= 0.6 is 0 Å². The van der Waals surface area contributed by atoms with Crippen LogP contribution in [-0.2, 0) is 9.53 Å². The highest BCUT2D eigenvalue weighted by molar-refractivity contribution is 5.73. The number of aliphatic hydroxyl groups is 1. The van der Waals surface area contributed by atoms with Gasteiger partial charge >= 0.3 is 5.97 Å². The van der Waals surface area contributed by atoms with E-state index in [2.05, 4.69) is 4.74 Å². The fourth-order valence-electron chi connectivity index (χ4n) is 0.825. The molecule has 0 aliphatic carbocycles. The zero-order valence-corrected chi connectivity index (χ0v) is 6.57. The molecule has 0 heterocycles. The summed E-state index contributed by atoms with van der Waals surface area (Å²) in [5.74, 6) is -1.25. The largest absolute Gasteiger partial charge is 0.393 e. The van der Waals surface area contributed by atoms with Crippen molar-refractivity contribution in [3.63, 3.8) is 0 Å². The van der Waals surface area contributed by atoms with Crippen molar-refractivity contribution >= 4 is 5.97 Å². The van der Waals surface area contributed by atoms with E-state index in [-0.39, 0.29) is 0 Å². The maximum absolute atomic E-state index is 10.8. The van der Waals surface area contributed by atoms with Gasteiger partial charge in [-0.05, 0) is 13.3 Å². The number of hydrogen-bond acceptors (Lipinski definition) is 4. The average molecular weight is 157 g/mol. The van der Waals surface area contributed by atoms with E-state index in [1.54, 1.807) is 6.92 Å². The highest BCUT2D eigenvalue weighted by Crippen LogP contribution is 2.09. The fraction of sp³-hybridized carbons (Fsp3) is 0.714. The van der Waals surface area contributed by atoms with Crippen LogP contribution in [0.25, 0.3) is 0 Å². The molecule has 0 aliphatic rings.